The lowest BCUT2D eigenvalue weighted by molar-refractivity contribution is -0.0128. The number of fused-ring (bicyclic) bond motifs is 4. The van der Waals surface area contributed by atoms with Gasteiger partial charge in [-0.15, -0.1) is 0 Å². The first-order valence-corrected chi connectivity index (χ1v) is 8.96. The van der Waals surface area contributed by atoms with Gasteiger partial charge in [0.2, 0.25) is 0 Å². The number of aliphatic hydroxyl groups excluding tert-OH is 2. The molecule has 4 aliphatic rings. The molecule has 0 aliphatic heterocycles. The summed E-state index contributed by atoms with van der Waals surface area (Å²) in [5.74, 6) is -1.32. The third-order valence-corrected chi connectivity index (χ3v) is 7.69. The lowest BCUT2D eigenvalue weighted by Gasteiger charge is -2.54. The maximum Gasteiger partial charge on any atom is 0.165 e. The Hall–Kier alpha value is -0.710. The van der Waals surface area contributed by atoms with Crippen molar-refractivity contribution in [1.82, 2.24) is 0 Å². The fourth-order valence-corrected chi connectivity index (χ4v) is 6.03. The van der Waals surface area contributed by atoms with Crippen LogP contribution in [-0.4, -0.2) is 28.2 Å². The van der Waals surface area contributed by atoms with Gasteiger partial charge in [0.15, 0.2) is 5.79 Å². The smallest absolute Gasteiger partial charge is 0.165 e. The van der Waals surface area contributed by atoms with Gasteiger partial charge in [-0.2, -0.15) is 0 Å². The van der Waals surface area contributed by atoms with Gasteiger partial charge in [0.25, 0.3) is 0 Å². The molecule has 0 saturated heterocycles. The van der Waals surface area contributed by atoms with Gasteiger partial charge in [0.05, 0.1) is 12.2 Å². The summed E-state index contributed by atoms with van der Waals surface area (Å²) in [6, 6.07) is 0. The first-order valence-electron chi connectivity index (χ1n) is 8.96. The number of alkyl halides is 1. The van der Waals surface area contributed by atoms with E-state index >= 15 is 0 Å². The molecular formula is C19H28FNO2. The molecule has 4 heteroatoms. The van der Waals surface area contributed by atoms with Gasteiger partial charge in [-0.3, -0.25) is 5.73 Å². The second-order valence-corrected chi connectivity index (χ2v) is 8.70. The maximum atomic E-state index is 14.9. The number of nitrogens with two attached hydrogens (primary N) is 1. The summed E-state index contributed by atoms with van der Waals surface area (Å²) in [5, 5.41) is 20.8. The average molecular weight is 321 g/mol. The number of hydrogen-bond acceptors (Lipinski definition) is 3. The maximum absolute atomic E-state index is 14.9. The predicted octanol–water partition coefficient (Wildman–Crippen LogP) is 2.83. The van der Waals surface area contributed by atoms with Crippen LogP contribution in [0.2, 0.25) is 0 Å². The Kier molecular flexibility index (Phi) is 3.21. The minimum absolute atomic E-state index is 0.0503. The number of hydrogen-bond donors (Lipinski definition) is 3. The predicted molar refractivity (Wildman–Crippen MR) is 87.1 cm³/mol. The van der Waals surface area contributed by atoms with E-state index in [1.165, 1.54) is 5.57 Å². The molecule has 0 aromatic carbocycles. The lowest BCUT2D eigenvalue weighted by atomic mass is 9.52. The van der Waals surface area contributed by atoms with Gasteiger partial charge in [-0.05, 0) is 55.9 Å². The zero-order valence-corrected chi connectivity index (χ0v) is 14.1. The molecular weight excluding hydrogens is 293 g/mol. The van der Waals surface area contributed by atoms with Crippen molar-refractivity contribution in [1.29, 1.82) is 0 Å². The van der Waals surface area contributed by atoms with Crippen molar-refractivity contribution in [2.45, 2.75) is 70.4 Å². The van der Waals surface area contributed by atoms with Crippen molar-refractivity contribution >= 4 is 0 Å². The van der Waals surface area contributed by atoms with E-state index < -0.39 is 23.4 Å². The lowest BCUT2D eigenvalue weighted by Crippen LogP contribution is -2.53. The van der Waals surface area contributed by atoms with E-state index in [4.69, 9.17) is 5.73 Å². The Morgan fingerprint density at radius 1 is 1.22 bits per heavy atom. The van der Waals surface area contributed by atoms with Crippen LogP contribution < -0.4 is 5.73 Å². The Balaban J connectivity index is 1.83. The van der Waals surface area contributed by atoms with Gasteiger partial charge < -0.3 is 10.2 Å². The van der Waals surface area contributed by atoms with Crippen LogP contribution in [0.15, 0.2) is 23.3 Å². The molecule has 0 radical (unpaired) electrons. The summed E-state index contributed by atoms with van der Waals surface area (Å²) < 4.78 is 14.9. The topological polar surface area (TPSA) is 66.5 Å². The Morgan fingerprint density at radius 3 is 2.70 bits per heavy atom. The van der Waals surface area contributed by atoms with Gasteiger partial charge in [-0.25, -0.2) is 4.39 Å². The van der Waals surface area contributed by atoms with E-state index in [1.807, 2.05) is 13.0 Å². The first-order chi connectivity index (χ1) is 10.7. The summed E-state index contributed by atoms with van der Waals surface area (Å²) in [4.78, 5) is 0. The molecule has 0 spiro atoms. The minimum Gasteiger partial charge on any atom is -0.389 e. The number of allylic oxidation sites excluding steroid dienone is 2. The summed E-state index contributed by atoms with van der Waals surface area (Å²) >= 11 is 0. The van der Waals surface area contributed by atoms with E-state index in [-0.39, 0.29) is 17.3 Å². The van der Waals surface area contributed by atoms with Crippen molar-refractivity contribution in [2.75, 3.05) is 0 Å². The fraction of sp³-hybridized carbons (Fsp3) is 0.789. The Morgan fingerprint density at radius 2 is 1.96 bits per heavy atom. The largest absolute Gasteiger partial charge is 0.389 e. The van der Waals surface area contributed by atoms with Crippen LogP contribution in [0.4, 0.5) is 4.39 Å². The molecule has 0 heterocycles. The molecule has 0 aromatic rings. The van der Waals surface area contributed by atoms with Gasteiger partial charge in [0, 0.05) is 10.8 Å². The zero-order chi connectivity index (χ0) is 16.6. The van der Waals surface area contributed by atoms with Crippen LogP contribution in [0.25, 0.3) is 0 Å². The second-order valence-electron chi connectivity index (χ2n) is 8.70. The third kappa shape index (κ3) is 1.92. The van der Waals surface area contributed by atoms with Gasteiger partial charge in [-0.1, -0.05) is 31.6 Å². The monoisotopic (exact) mass is 321 g/mol. The van der Waals surface area contributed by atoms with Crippen LogP contribution >= 0.6 is 0 Å². The van der Waals surface area contributed by atoms with E-state index in [1.54, 1.807) is 0 Å². The molecule has 0 bridgehead atoms. The standard InChI is InChI=1S/C19H28FNO2/c1-17-6-3-12(22)9-11(17)10-15(23)16-13(17)4-7-18(2)14(16)5-8-19(18,20)21/h3,6,11-12,14-15,22-23H,4-5,7-10,21H2,1-2H3/t11?,12?,14-,15?,17-,18-,19?/m0/s1. The first kappa shape index (κ1) is 15.8. The Bertz CT molecular complexity index is 598. The summed E-state index contributed by atoms with van der Waals surface area (Å²) in [6.45, 7) is 4.19. The van der Waals surface area contributed by atoms with Crippen molar-refractivity contribution in [2.24, 2.45) is 28.4 Å². The van der Waals surface area contributed by atoms with Crippen LogP contribution in [-0.2, 0) is 0 Å². The second kappa shape index (κ2) is 4.68. The minimum atomic E-state index is -1.63. The molecule has 1 saturated carbocycles. The van der Waals surface area contributed by atoms with Crippen LogP contribution in [0, 0.1) is 22.7 Å². The van der Waals surface area contributed by atoms with Crippen molar-refractivity contribution in [3.05, 3.63) is 23.3 Å². The molecule has 4 unspecified atom stereocenters. The zero-order valence-electron chi connectivity index (χ0n) is 14.1. The summed E-state index contributed by atoms with van der Waals surface area (Å²) in [7, 11) is 0. The summed E-state index contributed by atoms with van der Waals surface area (Å²) in [6.07, 6.45) is 7.12. The highest BCUT2D eigenvalue weighted by atomic mass is 19.1. The normalized spacial score (nSPS) is 55.4. The van der Waals surface area contributed by atoms with Crippen LogP contribution in [0.1, 0.15) is 52.4 Å². The van der Waals surface area contributed by atoms with Crippen molar-refractivity contribution in [3.63, 3.8) is 0 Å². The molecule has 128 valence electrons. The highest BCUT2D eigenvalue weighted by Gasteiger charge is 2.61. The van der Waals surface area contributed by atoms with Crippen molar-refractivity contribution < 1.29 is 14.6 Å². The van der Waals surface area contributed by atoms with E-state index in [2.05, 4.69) is 13.0 Å². The molecule has 3 nitrogen and oxygen atoms in total. The van der Waals surface area contributed by atoms with Crippen LogP contribution in [0.3, 0.4) is 0 Å². The number of aliphatic hydroxyl groups is 2. The van der Waals surface area contributed by atoms with Gasteiger partial charge >= 0.3 is 0 Å². The highest BCUT2D eigenvalue weighted by molar-refractivity contribution is 5.41. The number of rotatable bonds is 0. The molecule has 4 aliphatic carbocycles. The Labute approximate surface area is 137 Å². The molecule has 23 heavy (non-hydrogen) atoms. The van der Waals surface area contributed by atoms with E-state index in [9.17, 15) is 14.6 Å². The SMILES string of the molecule is C[C@]12CCC3=C(C(O)CC4CC(O)C=C[C@]34C)[C@@H]1CCC2(N)F. The van der Waals surface area contributed by atoms with E-state index in [0.29, 0.717) is 19.3 Å². The molecule has 7 atom stereocenters. The third-order valence-electron chi connectivity index (χ3n) is 7.69. The highest BCUT2D eigenvalue weighted by Crippen LogP contribution is 2.64. The molecule has 1 fully saturated rings. The number of halogens is 1. The summed E-state index contributed by atoms with van der Waals surface area (Å²) in [5.41, 5.74) is 7.70. The molecule has 0 amide bonds. The van der Waals surface area contributed by atoms with E-state index in [0.717, 1.165) is 24.8 Å². The molecule has 4 rings (SSSR count). The van der Waals surface area contributed by atoms with Gasteiger partial charge in [0.1, 0.15) is 0 Å². The molecule has 4 N–H and O–H groups in total. The van der Waals surface area contributed by atoms with Crippen molar-refractivity contribution in [3.8, 4) is 0 Å². The average Bonchev–Trinajstić information content (AvgIpc) is 2.72. The quantitative estimate of drug-likeness (QED) is 0.475. The fourth-order valence-electron chi connectivity index (χ4n) is 6.03. The van der Waals surface area contributed by atoms with Crippen LogP contribution in [0.5, 0.6) is 0 Å². The molecule has 0 aromatic heterocycles.